The lowest BCUT2D eigenvalue weighted by atomic mass is 10.2. The van der Waals surface area contributed by atoms with E-state index in [0.717, 1.165) is 0 Å². The molecule has 0 unspecified atom stereocenters. The summed E-state index contributed by atoms with van der Waals surface area (Å²) in [4.78, 5) is 23.9. The summed E-state index contributed by atoms with van der Waals surface area (Å²) in [6, 6.07) is 7.94. The number of hydrogen-bond donors (Lipinski definition) is 2. The minimum atomic E-state index is -4.25. The van der Waals surface area contributed by atoms with Crippen LogP contribution in [0.15, 0.2) is 45.9 Å². The second-order valence-electron chi connectivity index (χ2n) is 5.32. The molecule has 5 nitrogen and oxygen atoms in total. The highest BCUT2D eigenvalue weighted by Gasteiger charge is 2.26. The Morgan fingerprint density at radius 3 is 2.58 bits per heavy atom. The number of carbonyl (C=O) groups is 2. The molecule has 2 aromatic rings. The number of nitrogens with one attached hydrogen (secondary N) is 1. The van der Waals surface area contributed by atoms with Crippen molar-refractivity contribution in [3.63, 3.8) is 0 Å². The number of thioether (sulfide) groups is 1. The Balaban J connectivity index is 1.97. The number of rotatable bonds is 8. The van der Waals surface area contributed by atoms with Crippen LogP contribution < -0.4 is 5.32 Å². The van der Waals surface area contributed by atoms with Crippen LogP contribution in [0.5, 0.6) is 0 Å². The molecule has 0 atom stereocenters. The van der Waals surface area contributed by atoms with Crippen LogP contribution in [0.3, 0.4) is 0 Å². The Bertz CT molecular complexity index is 773. The van der Waals surface area contributed by atoms with Gasteiger partial charge in [-0.05, 0) is 24.6 Å². The van der Waals surface area contributed by atoms with Crippen LogP contribution in [0.1, 0.15) is 39.3 Å². The van der Waals surface area contributed by atoms with E-state index in [1.165, 1.54) is 24.1 Å². The third-order valence-electron chi connectivity index (χ3n) is 3.39. The van der Waals surface area contributed by atoms with Crippen molar-refractivity contribution in [3.8, 4) is 0 Å². The SMILES string of the molecule is O=C(NCCCC(F)(F)F)c1ccccc1SCc1occc1C(=O)O. The number of carboxylic acids is 1. The van der Waals surface area contributed by atoms with Crippen LogP contribution in [-0.4, -0.2) is 29.7 Å². The minimum absolute atomic E-state index is 0.0478. The second-order valence-corrected chi connectivity index (χ2v) is 6.34. The van der Waals surface area contributed by atoms with E-state index < -0.39 is 24.5 Å². The summed E-state index contributed by atoms with van der Waals surface area (Å²) < 4.78 is 41.5. The topological polar surface area (TPSA) is 79.5 Å². The fourth-order valence-corrected chi connectivity index (χ4v) is 3.15. The van der Waals surface area contributed by atoms with E-state index in [1.807, 2.05) is 0 Å². The maximum Gasteiger partial charge on any atom is 0.389 e. The van der Waals surface area contributed by atoms with Crippen molar-refractivity contribution in [2.24, 2.45) is 0 Å². The zero-order valence-corrected chi connectivity index (χ0v) is 14.3. The van der Waals surface area contributed by atoms with Gasteiger partial charge in [-0.1, -0.05) is 12.1 Å². The van der Waals surface area contributed by atoms with E-state index in [1.54, 1.807) is 24.3 Å². The van der Waals surface area contributed by atoms with Crippen LogP contribution in [0.25, 0.3) is 0 Å². The number of halogens is 3. The first-order valence-corrected chi connectivity index (χ1v) is 8.63. The highest BCUT2D eigenvalue weighted by Crippen LogP contribution is 2.28. The molecule has 0 aliphatic rings. The molecule has 0 fully saturated rings. The molecule has 0 saturated heterocycles. The van der Waals surface area contributed by atoms with E-state index in [9.17, 15) is 22.8 Å². The second kappa shape index (κ2) is 8.79. The lowest BCUT2D eigenvalue weighted by molar-refractivity contribution is -0.135. The van der Waals surface area contributed by atoms with Gasteiger partial charge in [-0.2, -0.15) is 13.2 Å². The Labute approximate surface area is 151 Å². The van der Waals surface area contributed by atoms with Crippen molar-refractivity contribution in [1.82, 2.24) is 5.32 Å². The predicted molar refractivity (Wildman–Crippen MR) is 89.3 cm³/mol. The van der Waals surface area contributed by atoms with Crippen molar-refractivity contribution < 1.29 is 32.3 Å². The summed E-state index contributed by atoms with van der Waals surface area (Å²) in [6.07, 6.45) is -4.12. The zero-order chi connectivity index (χ0) is 19.2. The molecule has 9 heteroatoms. The highest BCUT2D eigenvalue weighted by molar-refractivity contribution is 7.98. The molecule has 1 amide bonds. The van der Waals surface area contributed by atoms with E-state index in [-0.39, 0.29) is 30.0 Å². The molecule has 1 aromatic heterocycles. The van der Waals surface area contributed by atoms with Gasteiger partial charge in [-0.15, -0.1) is 11.8 Å². The quantitative estimate of drug-likeness (QED) is 0.520. The Kier molecular flexibility index (Phi) is 6.73. The molecule has 140 valence electrons. The molecular weight excluding hydrogens is 371 g/mol. The number of furan rings is 1. The Hall–Kier alpha value is -2.42. The van der Waals surface area contributed by atoms with Gasteiger partial charge >= 0.3 is 12.1 Å². The van der Waals surface area contributed by atoms with Gasteiger partial charge in [0.15, 0.2) is 0 Å². The summed E-state index contributed by atoms with van der Waals surface area (Å²) in [5, 5.41) is 11.5. The smallest absolute Gasteiger partial charge is 0.389 e. The minimum Gasteiger partial charge on any atom is -0.478 e. The molecule has 0 radical (unpaired) electrons. The summed E-state index contributed by atoms with van der Waals surface area (Å²) in [5.74, 6) is -1.12. The zero-order valence-electron chi connectivity index (χ0n) is 13.5. The number of benzene rings is 1. The molecule has 0 aliphatic heterocycles. The normalized spacial score (nSPS) is 11.3. The maximum absolute atomic E-state index is 12.2. The first-order chi connectivity index (χ1) is 12.3. The number of amides is 1. The van der Waals surface area contributed by atoms with Crippen molar-refractivity contribution >= 4 is 23.6 Å². The van der Waals surface area contributed by atoms with Gasteiger partial charge in [0.05, 0.1) is 17.6 Å². The molecular formula is C17H16F3NO4S. The van der Waals surface area contributed by atoms with Crippen LogP contribution in [0.4, 0.5) is 13.2 Å². The van der Waals surface area contributed by atoms with E-state index in [4.69, 9.17) is 9.52 Å². The van der Waals surface area contributed by atoms with Gasteiger partial charge in [0.25, 0.3) is 5.91 Å². The number of alkyl halides is 3. The van der Waals surface area contributed by atoms with Gasteiger partial charge in [0.2, 0.25) is 0 Å². The Morgan fingerprint density at radius 1 is 1.15 bits per heavy atom. The molecule has 1 heterocycles. The van der Waals surface area contributed by atoms with E-state index in [0.29, 0.717) is 10.5 Å². The lowest BCUT2D eigenvalue weighted by Gasteiger charge is -2.10. The predicted octanol–water partition coefficient (Wildman–Crippen LogP) is 4.34. The van der Waals surface area contributed by atoms with E-state index in [2.05, 4.69) is 5.32 Å². The Morgan fingerprint density at radius 2 is 1.88 bits per heavy atom. The highest BCUT2D eigenvalue weighted by atomic mass is 32.2. The molecule has 26 heavy (non-hydrogen) atoms. The average Bonchev–Trinajstić information content (AvgIpc) is 3.05. The summed E-state index contributed by atoms with van der Waals surface area (Å²) in [7, 11) is 0. The monoisotopic (exact) mass is 387 g/mol. The van der Waals surface area contributed by atoms with Crippen molar-refractivity contribution in [2.75, 3.05) is 6.54 Å². The van der Waals surface area contributed by atoms with Gasteiger partial charge in [-0.25, -0.2) is 4.79 Å². The fourth-order valence-electron chi connectivity index (χ4n) is 2.15. The third kappa shape index (κ3) is 5.83. The van der Waals surface area contributed by atoms with Gasteiger partial charge < -0.3 is 14.8 Å². The number of carboxylic acid groups (broad SMARTS) is 1. The van der Waals surface area contributed by atoms with Gasteiger partial charge in [0.1, 0.15) is 11.3 Å². The molecule has 0 saturated carbocycles. The molecule has 1 aromatic carbocycles. The average molecular weight is 387 g/mol. The van der Waals surface area contributed by atoms with Crippen LogP contribution in [0, 0.1) is 0 Å². The molecule has 0 spiro atoms. The van der Waals surface area contributed by atoms with Gasteiger partial charge in [0, 0.05) is 17.9 Å². The molecule has 2 rings (SSSR count). The largest absolute Gasteiger partial charge is 0.478 e. The summed E-state index contributed by atoms with van der Waals surface area (Å²) >= 11 is 1.21. The third-order valence-corrected chi connectivity index (χ3v) is 4.46. The maximum atomic E-state index is 12.2. The molecule has 0 bridgehead atoms. The molecule has 2 N–H and O–H groups in total. The first kappa shape index (κ1) is 19.9. The van der Waals surface area contributed by atoms with Crippen LogP contribution in [-0.2, 0) is 5.75 Å². The number of aromatic carboxylic acids is 1. The summed E-state index contributed by atoms with van der Waals surface area (Å²) in [5.41, 5.74) is 0.361. The first-order valence-electron chi connectivity index (χ1n) is 7.64. The number of carbonyl (C=O) groups excluding carboxylic acids is 1. The van der Waals surface area contributed by atoms with Crippen molar-refractivity contribution in [1.29, 1.82) is 0 Å². The summed E-state index contributed by atoms with van der Waals surface area (Å²) in [6.45, 7) is -0.0846. The van der Waals surface area contributed by atoms with Gasteiger partial charge in [-0.3, -0.25) is 4.79 Å². The van der Waals surface area contributed by atoms with Crippen molar-refractivity contribution in [3.05, 3.63) is 53.5 Å². The van der Waals surface area contributed by atoms with E-state index >= 15 is 0 Å². The van der Waals surface area contributed by atoms with Crippen LogP contribution >= 0.6 is 11.8 Å². The fraction of sp³-hybridized carbons (Fsp3) is 0.294. The van der Waals surface area contributed by atoms with Crippen LogP contribution in [0.2, 0.25) is 0 Å². The standard InChI is InChI=1S/C17H16F3NO4S/c18-17(19,20)7-3-8-21-15(22)12-4-1-2-5-14(12)26-10-13-11(16(23)24)6-9-25-13/h1-2,4-6,9H,3,7-8,10H2,(H,21,22)(H,23,24). The van der Waals surface area contributed by atoms with Crippen molar-refractivity contribution in [2.45, 2.75) is 29.7 Å². The lowest BCUT2D eigenvalue weighted by Crippen LogP contribution is -2.26. The molecule has 0 aliphatic carbocycles. The number of hydrogen-bond acceptors (Lipinski definition) is 4.